The SMILES string of the molecule is Clc1cc(Br)cc(-c2cccc(Br)c2)c1. The highest BCUT2D eigenvalue weighted by atomic mass is 79.9. The van der Waals surface area contributed by atoms with Gasteiger partial charge in [0.2, 0.25) is 0 Å². The lowest BCUT2D eigenvalue weighted by molar-refractivity contribution is 1.57. The fourth-order valence-corrected chi connectivity index (χ4v) is 2.65. The fourth-order valence-electron chi connectivity index (χ4n) is 1.39. The van der Waals surface area contributed by atoms with Crippen LogP contribution in [0.15, 0.2) is 51.4 Å². The number of halogens is 3. The molecule has 0 unspecified atom stereocenters. The Bertz CT molecular complexity index is 474. The van der Waals surface area contributed by atoms with Gasteiger partial charge >= 0.3 is 0 Å². The van der Waals surface area contributed by atoms with Gasteiger partial charge in [0.15, 0.2) is 0 Å². The van der Waals surface area contributed by atoms with E-state index in [2.05, 4.69) is 44.0 Å². The summed E-state index contributed by atoms with van der Waals surface area (Å²) in [7, 11) is 0. The predicted molar refractivity (Wildman–Crippen MR) is 72.3 cm³/mol. The Hall–Kier alpha value is -0.310. The fraction of sp³-hybridized carbons (Fsp3) is 0. The number of benzene rings is 2. The van der Waals surface area contributed by atoms with E-state index in [1.54, 1.807) is 0 Å². The molecule has 0 bridgehead atoms. The highest BCUT2D eigenvalue weighted by Crippen LogP contribution is 2.28. The number of rotatable bonds is 1. The van der Waals surface area contributed by atoms with Gasteiger partial charge in [0.05, 0.1) is 0 Å². The normalized spacial score (nSPS) is 10.3. The van der Waals surface area contributed by atoms with Crippen LogP contribution in [0.25, 0.3) is 11.1 Å². The van der Waals surface area contributed by atoms with E-state index in [-0.39, 0.29) is 0 Å². The third-order valence-electron chi connectivity index (χ3n) is 2.02. The van der Waals surface area contributed by atoms with Crippen LogP contribution in [0.2, 0.25) is 5.02 Å². The van der Waals surface area contributed by atoms with Crippen LogP contribution in [0.3, 0.4) is 0 Å². The lowest BCUT2D eigenvalue weighted by Gasteiger charge is -2.04. The van der Waals surface area contributed by atoms with Gasteiger partial charge < -0.3 is 0 Å². The van der Waals surface area contributed by atoms with E-state index in [0.717, 1.165) is 25.1 Å². The van der Waals surface area contributed by atoms with Crippen LogP contribution < -0.4 is 0 Å². The van der Waals surface area contributed by atoms with Gasteiger partial charge in [-0.1, -0.05) is 55.6 Å². The van der Waals surface area contributed by atoms with Gasteiger partial charge in [0.1, 0.15) is 0 Å². The van der Waals surface area contributed by atoms with Crippen LogP contribution in [0.1, 0.15) is 0 Å². The van der Waals surface area contributed by atoms with Crippen molar-refractivity contribution >= 4 is 43.5 Å². The van der Waals surface area contributed by atoms with Crippen molar-refractivity contribution in [2.45, 2.75) is 0 Å². The molecule has 0 heterocycles. The lowest BCUT2D eigenvalue weighted by Crippen LogP contribution is -1.78. The van der Waals surface area contributed by atoms with Crippen LogP contribution in [0.4, 0.5) is 0 Å². The van der Waals surface area contributed by atoms with Crippen molar-refractivity contribution in [2.75, 3.05) is 0 Å². The monoisotopic (exact) mass is 344 g/mol. The molecule has 0 saturated heterocycles. The zero-order valence-electron chi connectivity index (χ0n) is 7.68. The van der Waals surface area contributed by atoms with Crippen molar-refractivity contribution < 1.29 is 0 Å². The van der Waals surface area contributed by atoms with Gasteiger partial charge in [0, 0.05) is 14.0 Å². The summed E-state index contributed by atoms with van der Waals surface area (Å²) in [4.78, 5) is 0. The van der Waals surface area contributed by atoms with Crippen molar-refractivity contribution in [1.29, 1.82) is 0 Å². The van der Waals surface area contributed by atoms with Gasteiger partial charge in [-0.15, -0.1) is 0 Å². The summed E-state index contributed by atoms with van der Waals surface area (Å²) in [5.74, 6) is 0. The molecule has 0 aliphatic rings. The summed E-state index contributed by atoms with van der Waals surface area (Å²) in [6, 6.07) is 14.0. The first kappa shape index (κ1) is 11.2. The molecule has 0 amide bonds. The Labute approximate surface area is 111 Å². The van der Waals surface area contributed by atoms with Gasteiger partial charge in [-0.3, -0.25) is 0 Å². The summed E-state index contributed by atoms with van der Waals surface area (Å²) in [6.45, 7) is 0. The molecular formula is C12H7Br2Cl. The van der Waals surface area contributed by atoms with Gasteiger partial charge in [-0.05, 0) is 41.5 Å². The quantitative estimate of drug-likeness (QED) is 0.637. The Morgan fingerprint density at radius 3 is 2.20 bits per heavy atom. The molecule has 0 saturated carbocycles. The van der Waals surface area contributed by atoms with Crippen molar-refractivity contribution in [3.63, 3.8) is 0 Å². The van der Waals surface area contributed by atoms with E-state index in [0.29, 0.717) is 0 Å². The van der Waals surface area contributed by atoms with Crippen LogP contribution in [-0.2, 0) is 0 Å². The van der Waals surface area contributed by atoms with Gasteiger partial charge in [-0.2, -0.15) is 0 Å². The first-order valence-corrected chi connectivity index (χ1v) is 6.33. The van der Waals surface area contributed by atoms with E-state index in [9.17, 15) is 0 Å². The highest BCUT2D eigenvalue weighted by Gasteiger charge is 2.01. The van der Waals surface area contributed by atoms with Crippen molar-refractivity contribution in [2.24, 2.45) is 0 Å². The molecule has 0 aliphatic heterocycles. The summed E-state index contributed by atoms with van der Waals surface area (Å²) >= 11 is 12.9. The summed E-state index contributed by atoms with van der Waals surface area (Å²) < 4.78 is 2.06. The smallest absolute Gasteiger partial charge is 0.0423 e. The van der Waals surface area contributed by atoms with E-state index >= 15 is 0 Å². The largest absolute Gasteiger partial charge is 0.0843 e. The molecule has 2 rings (SSSR count). The number of hydrogen-bond donors (Lipinski definition) is 0. The first-order chi connectivity index (χ1) is 7.15. The average Bonchev–Trinajstić information content (AvgIpc) is 2.16. The summed E-state index contributed by atoms with van der Waals surface area (Å²) in [5, 5.41) is 0.736. The maximum absolute atomic E-state index is 6.00. The molecule has 0 spiro atoms. The molecule has 0 radical (unpaired) electrons. The van der Waals surface area contributed by atoms with Crippen LogP contribution in [-0.4, -0.2) is 0 Å². The van der Waals surface area contributed by atoms with E-state index in [4.69, 9.17) is 11.6 Å². The minimum atomic E-state index is 0.736. The maximum atomic E-state index is 6.00. The minimum absolute atomic E-state index is 0.736. The maximum Gasteiger partial charge on any atom is 0.0423 e. The Balaban J connectivity index is 2.54. The van der Waals surface area contributed by atoms with Crippen LogP contribution in [0.5, 0.6) is 0 Å². The molecule has 2 aromatic carbocycles. The van der Waals surface area contributed by atoms with Crippen LogP contribution >= 0.6 is 43.5 Å². The Morgan fingerprint density at radius 1 is 0.800 bits per heavy atom. The van der Waals surface area contributed by atoms with Gasteiger partial charge in [0.25, 0.3) is 0 Å². The number of hydrogen-bond acceptors (Lipinski definition) is 0. The zero-order valence-corrected chi connectivity index (χ0v) is 11.6. The third kappa shape index (κ3) is 2.83. The summed E-state index contributed by atoms with van der Waals surface area (Å²) in [5.41, 5.74) is 2.25. The topological polar surface area (TPSA) is 0 Å². The molecule has 0 fully saturated rings. The van der Waals surface area contributed by atoms with E-state index < -0.39 is 0 Å². The molecule has 2 aromatic rings. The molecule has 15 heavy (non-hydrogen) atoms. The van der Waals surface area contributed by atoms with Crippen LogP contribution in [0, 0.1) is 0 Å². The lowest BCUT2D eigenvalue weighted by atomic mass is 10.1. The summed E-state index contributed by atoms with van der Waals surface area (Å²) in [6.07, 6.45) is 0. The van der Waals surface area contributed by atoms with Crippen molar-refractivity contribution in [1.82, 2.24) is 0 Å². The molecule has 0 N–H and O–H groups in total. The Morgan fingerprint density at radius 2 is 1.53 bits per heavy atom. The average molecular weight is 346 g/mol. The molecular weight excluding hydrogens is 339 g/mol. The molecule has 0 nitrogen and oxygen atoms in total. The van der Waals surface area contributed by atoms with Crippen molar-refractivity contribution in [3.05, 3.63) is 56.4 Å². The second-order valence-corrected chi connectivity index (χ2v) is 5.44. The molecule has 0 atom stereocenters. The molecule has 0 aliphatic carbocycles. The molecule has 3 heteroatoms. The second-order valence-electron chi connectivity index (χ2n) is 3.17. The van der Waals surface area contributed by atoms with E-state index in [1.807, 2.05) is 30.3 Å². The van der Waals surface area contributed by atoms with E-state index in [1.165, 1.54) is 0 Å². The minimum Gasteiger partial charge on any atom is -0.0843 e. The van der Waals surface area contributed by atoms with Gasteiger partial charge in [-0.25, -0.2) is 0 Å². The third-order valence-corrected chi connectivity index (χ3v) is 3.19. The highest BCUT2D eigenvalue weighted by molar-refractivity contribution is 9.10. The standard InChI is InChI=1S/C12H7Br2Cl/c13-10-3-1-2-8(4-10)9-5-11(14)7-12(15)6-9/h1-7H. The Kier molecular flexibility index (Phi) is 3.49. The second kappa shape index (κ2) is 4.69. The molecule has 0 aromatic heterocycles. The van der Waals surface area contributed by atoms with Crippen molar-refractivity contribution in [3.8, 4) is 11.1 Å². The molecule has 76 valence electrons. The zero-order chi connectivity index (χ0) is 10.8. The first-order valence-electron chi connectivity index (χ1n) is 4.37. The predicted octanol–water partition coefficient (Wildman–Crippen LogP) is 5.53.